The van der Waals surface area contributed by atoms with Crippen LogP contribution in [0.15, 0.2) is 53.4 Å². The van der Waals surface area contributed by atoms with Crippen molar-refractivity contribution in [3.05, 3.63) is 65.2 Å². The first-order valence-electron chi connectivity index (χ1n) is 7.05. The molecule has 0 bridgehead atoms. The highest BCUT2D eigenvalue weighted by atomic mass is 32.2. The minimum Gasteiger partial charge on any atom is -0.461 e. The third-order valence-corrected chi connectivity index (χ3v) is 4.51. The average molecular weight is 334 g/mol. The van der Waals surface area contributed by atoms with E-state index in [0.29, 0.717) is 11.1 Å². The smallest absolute Gasteiger partial charge is 0.302 e. The standard InChI is InChI=1S/C17H18O5S/c1-13-7-9-17(10-8-13)23(19,20)22-12-16-6-4-3-5-15(16)11-21-14(2)18/h3-10H,11-12H2,1-2H3. The maximum atomic E-state index is 12.2. The Hall–Kier alpha value is -2.18. The van der Waals surface area contributed by atoms with Gasteiger partial charge in [0.1, 0.15) is 6.61 Å². The van der Waals surface area contributed by atoms with Crippen LogP contribution in [-0.2, 0) is 37.0 Å². The first-order chi connectivity index (χ1) is 10.9. The molecule has 0 fully saturated rings. The summed E-state index contributed by atoms with van der Waals surface area (Å²) in [6.07, 6.45) is 0. The molecular formula is C17H18O5S. The van der Waals surface area contributed by atoms with Gasteiger partial charge < -0.3 is 4.74 Å². The zero-order valence-corrected chi connectivity index (χ0v) is 13.8. The molecular weight excluding hydrogens is 316 g/mol. The first kappa shape index (κ1) is 17.2. The number of hydrogen-bond acceptors (Lipinski definition) is 5. The van der Waals surface area contributed by atoms with E-state index < -0.39 is 16.1 Å². The van der Waals surface area contributed by atoms with Gasteiger partial charge in [0.25, 0.3) is 10.1 Å². The van der Waals surface area contributed by atoms with Crippen molar-refractivity contribution < 1.29 is 22.1 Å². The van der Waals surface area contributed by atoms with Gasteiger partial charge in [-0.25, -0.2) is 0 Å². The molecule has 122 valence electrons. The van der Waals surface area contributed by atoms with Crippen LogP contribution in [0.1, 0.15) is 23.6 Å². The lowest BCUT2D eigenvalue weighted by Crippen LogP contribution is -2.08. The normalized spacial score (nSPS) is 11.2. The van der Waals surface area contributed by atoms with Gasteiger partial charge in [-0.05, 0) is 30.2 Å². The summed E-state index contributed by atoms with van der Waals surface area (Å²) in [6, 6.07) is 13.5. The molecule has 0 aliphatic rings. The van der Waals surface area contributed by atoms with Gasteiger partial charge in [0.2, 0.25) is 0 Å². The Labute approximate surface area is 136 Å². The summed E-state index contributed by atoms with van der Waals surface area (Å²) in [4.78, 5) is 11.0. The summed E-state index contributed by atoms with van der Waals surface area (Å²) in [5.41, 5.74) is 2.34. The number of carbonyl (C=O) groups excluding carboxylic acids is 1. The highest BCUT2D eigenvalue weighted by Gasteiger charge is 2.16. The Morgan fingerprint density at radius 2 is 1.52 bits per heavy atom. The zero-order chi connectivity index (χ0) is 16.9. The van der Waals surface area contributed by atoms with E-state index in [-0.39, 0.29) is 18.1 Å². The molecule has 0 unspecified atom stereocenters. The fourth-order valence-corrected chi connectivity index (χ4v) is 2.82. The highest BCUT2D eigenvalue weighted by molar-refractivity contribution is 7.86. The van der Waals surface area contributed by atoms with Crippen LogP contribution in [-0.4, -0.2) is 14.4 Å². The Morgan fingerprint density at radius 1 is 0.957 bits per heavy atom. The summed E-state index contributed by atoms with van der Waals surface area (Å²) in [5.74, 6) is -0.395. The molecule has 0 aromatic heterocycles. The molecule has 0 saturated carbocycles. The molecule has 2 aromatic rings. The Bertz CT molecular complexity index is 779. The van der Waals surface area contributed by atoms with Crippen molar-refractivity contribution in [2.45, 2.75) is 32.0 Å². The van der Waals surface area contributed by atoms with Gasteiger partial charge in [0.15, 0.2) is 0 Å². The molecule has 0 heterocycles. The van der Waals surface area contributed by atoms with Crippen molar-refractivity contribution in [3.63, 3.8) is 0 Å². The van der Waals surface area contributed by atoms with Crippen LogP contribution in [0.4, 0.5) is 0 Å². The second-order valence-electron chi connectivity index (χ2n) is 5.08. The van der Waals surface area contributed by atoms with E-state index in [2.05, 4.69) is 0 Å². The van der Waals surface area contributed by atoms with Gasteiger partial charge in [0.05, 0.1) is 11.5 Å². The van der Waals surface area contributed by atoms with Crippen LogP contribution in [0, 0.1) is 6.92 Å². The number of esters is 1. The van der Waals surface area contributed by atoms with Crippen LogP contribution in [0.3, 0.4) is 0 Å². The number of carbonyl (C=O) groups is 1. The molecule has 0 aliphatic heterocycles. The molecule has 0 amide bonds. The van der Waals surface area contributed by atoms with Crippen LogP contribution in [0.5, 0.6) is 0 Å². The van der Waals surface area contributed by atoms with Crippen molar-refractivity contribution >= 4 is 16.1 Å². The number of aryl methyl sites for hydroxylation is 1. The maximum absolute atomic E-state index is 12.2. The van der Waals surface area contributed by atoms with Gasteiger partial charge in [-0.15, -0.1) is 0 Å². The first-order valence-corrected chi connectivity index (χ1v) is 8.45. The third kappa shape index (κ3) is 4.91. The largest absolute Gasteiger partial charge is 0.461 e. The van der Waals surface area contributed by atoms with Gasteiger partial charge in [0, 0.05) is 6.92 Å². The van der Waals surface area contributed by atoms with E-state index in [1.165, 1.54) is 19.1 Å². The molecule has 0 N–H and O–H groups in total. The van der Waals surface area contributed by atoms with E-state index in [4.69, 9.17) is 8.92 Å². The van der Waals surface area contributed by atoms with E-state index >= 15 is 0 Å². The van der Waals surface area contributed by atoms with Crippen molar-refractivity contribution in [1.82, 2.24) is 0 Å². The topological polar surface area (TPSA) is 69.7 Å². The monoisotopic (exact) mass is 334 g/mol. The number of rotatable bonds is 6. The fraction of sp³-hybridized carbons (Fsp3) is 0.235. The van der Waals surface area contributed by atoms with Crippen molar-refractivity contribution in [3.8, 4) is 0 Å². The summed E-state index contributed by atoms with van der Waals surface area (Å²) >= 11 is 0. The summed E-state index contributed by atoms with van der Waals surface area (Å²) in [5, 5.41) is 0. The predicted octanol–water partition coefficient (Wildman–Crippen LogP) is 2.96. The molecule has 0 saturated heterocycles. The van der Waals surface area contributed by atoms with E-state index in [0.717, 1.165) is 5.56 Å². The minimum absolute atomic E-state index is 0.0828. The lowest BCUT2D eigenvalue weighted by Gasteiger charge is -2.10. The molecule has 0 radical (unpaired) electrons. The van der Waals surface area contributed by atoms with Crippen molar-refractivity contribution in [2.75, 3.05) is 0 Å². The van der Waals surface area contributed by atoms with Gasteiger partial charge >= 0.3 is 5.97 Å². The second-order valence-corrected chi connectivity index (χ2v) is 6.69. The molecule has 2 rings (SSSR count). The summed E-state index contributed by atoms with van der Waals surface area (Å²) in [6.45, 7) is 3.16. The van der Waals surface area contributed by atoms with Crippen LogP contribution < -0.4 is 0 Å². The molecule has 6 heteroatoms. The molecule has 5 nitrogen and oxygen atoms in total. The summed E-state index contributed by atoms with van der Waals surface area (Å²) < 4.78 is 34.4. The average Bonchev–Trinajstić information content (AvgIpc) is 2.52. The highest BCUT2D eigenvalue weighted by Crippen LogP contribution is 2.17. The van der Waals surface area contributed by atoms with Crippen molar-refractivity contribution in [2.24, 2.45) is 0 Å². The van der Waals surface area contributed by atoms with Crippen LogP contribution in [0.25, 0.3) is 0 Å². The van der Waals surface area contributed by atoms with Gasteiger partial charge in [-0.1, -0.05) is 42.0 Å². The second kappa shape index (κ2) is 7.39. The molecule has 23 heavy (non-hydrogen) atoms. The lowest BCUT2D eigenvalue weighted by atomic mass is 10.1. The Balaban J connectivity index is 2.11. The zero-order valence-electron chi connectivity index (χ0n) is 13.0. The van der Waals surface area contributed by atoms with E-state index in [9.17, 15) is 13.2 Å². The van der Waals surface area contributed by atoms with Gasteiger partial charge in [-0.3, -0.25) is 8.98 Å². The SMILES string of the molecule is CC(=O)OCc1ccccc1COS(=O)(=O)c1ccc(C)cc1. The maximum Gasteiger partial charge on any atom is 0.302 e. The minimum atomic E-state index is -3.83. The fourth-order valence-electron chi connectivity index (χ4n) is 1.93. The van der Waals surface area contributed by atoms with Gasteiger partial charge in [-0.2, -0.15) is 8.42 Å². The number of ether oxygens (including phenoxy) is 1. The van der Waals surface area contributed by atoms with E-state index in [1.54, 1.807) is 36.4 Å². The van der Waals surface area contributed by atoms with Crippen LogP contribution in [0.2, 0.25) is 0 Å². The number of hydrogen-bond donors (Lipinski definition) is 0. The molecule has 2 aromatic carbocycles. The molecule has 0 atom stereocenters. The lowest BCUT2D eigenvalue weighted by molar-refractivity contribution is -0.142. The Morgan fingerprint density at radius 3 is 2.09 bits per heavy atom. The van der Waals surface area contributed by atoms with E-state index in [1.807, 2.05) is 6.92 Å². The molecule has 0 spiro atoms. The van der Waals surface area contributed by atoms with Crippen molar-refractivity contribution in [1.29, 1.82) is 0 Å². The predicted molar refractivity (Wildman–Crippen MR) is 85.1 cm³/mol. The van der Waals surface area contributed by atoms with Crippen LogP contribution >= 0.6 is 0 Å². The summed E-state index contributed by atoms with van der Waals surface area (Å²) in [7, 11) is -3.83. The number of benzene rings is 2. The quantitative estimate of drug-likeness (QED) is 0.600. The third-order valence-electron chi connectivity index (χ3n) is 3.23. The Kier molecular flexibility index (Phi) is 5.52. The molecule has 0 aliphatic carbocycles.